The summed E-state index contributed by atoms with van der Waals surface area (Å²) < 4.78 is 0. The minimum Gasteiger partial charge on any atom is -0.369 e. The molecular formula is C16H19N3. The zero-order valence-electron chi connectivity index (χ0n) is 11.0. The van der Waals surface area contributed by atoms with Crippen LogP contribution >= 0.6 is 0 Å². The van der Waals surface area contributed by atoms with Crippen LogP contribution in [0, 0.1) is 0 Å². The molecule has 19 heavy (non-hydrogen) atoms. The van der Waals surface area contributed by atoms with E-state index < -0.39 is 0 Å². The van der Waals surface area contributed by atoms with E-state index in [1.54, 1.807) is 0 Å². The molecule has 1 unspecified atom stereocenters. The normalized spacial score (nSPS) is 23.2. The highest BCUT2D eigenvalue weighted by Crippen LogP contribution is 2.26. The summed E-state index contributed by atoms with van der Waals surface area (Å²) >= 11 is 0. The lowest BCUT2D eigenvalue weighted by atomic mass is 10.2. The van der Waals surface area contributed by atoms with Gasteiger partial charge in [-0.05, 0) is 31.4 Å². The van der Waals surface area contributed by atoms with Crippen molar-refractivity contribution in [2.24, 2.45) is 0 Å². The Bertz CT molecular complexity index is 591. The third-order valence-corrected chi connectivity index (χ3v) is 4.18. The van der Waals surface area contributed by atoms with Gasteiger partial charge in [-0.3, -0.25) is 4.98 Å². The number of hydrogen-bond acceptors (Lipinski definition) is 3. The van der Waals surface area contributed by atoms with Crippen molar-refractivity contribution in [1.82, 2.24) is 10.3 Å². The van der Waals surface area contributed by atoms with Crippen LogP contribution in [-0.4, -0.2) is 30.2 Å². The first-order chi connectivity index (χ1) is 9.38. The number of benzene rings is 1. The molecule has 2 aliphatic rings. The van der Waals surface area contributed by atoms with Crippen molar-refractivity contribution >= 4 is 16.6 Å². The lowest BCUT2D eigenvalue weighted by Crippen LogP contribution is -2.33. The molecule has 1 saturated heterocycles. The molecule has 2 aromatic rings. The van der Waals surface area contributed by atoms with E-state index in [0.29, 0.717) is 6.04 Å². The molecule has 3 heteroatoms. The van der Waals surface area contributed by atoms with Gasteiger partial charge < -0.3 is 10.2 Å². The molecule has 1 aliphatic carbocycles. The Hall–Kier alpha value is -1.61. The number of fused-ring (bicyclic) bond motifs is 1. The number of para-hydroxylation sites is 1. The highest BCUT2D eigenvalue weighted by Gasteiger charge is 2.29. The molecule has 98 valence electrons. The van der Waals surface area contributed by atoms with Gasteiger partial charge in [0.2, 0.25) is 0 Å². The van der Waals surface area contributed by atoms with Gasteiger partial charge in [0.25, 0.3) is 0 Å². The highest BCUT2D eigenvalue weighted by atomic mass is 15.2. The van der Waals surface area contributed by atoms with Crippen molar-refractivity contribution < 1.29 is 0 Å². The summed E-state index contributed by atoms with van der Waals surface area (Å²) in [4.78, 5) is 7.02. The van der Waals surface area contributed by atoms with Crippen LogP contribution in [0.3, 0.4) is 0 Å². The second-order valence-corrected chi connectivity index (χ2v) is 5.76. The maximum absolute atomic E-state index is 4.56. The lowest BCUT2D eigenvalue weighted by Gasteiger charge is -2.19. The van der Waals surface area contributed by atoms with Gasteiger partial charge in [-0.25, -0.2) is 0 Å². The molecule has 3 nitrogen and oxygen atoms in total. The van der Waals surface area contributed by atoms with Gasteiger partial charge in [0.15, 0.2) is 0 Å². The monoisotopic (exact) mass is 253 g/mol. The molecule has 1 aromatic carbocycles. The zero-order chi connectivity index (χ0) is 12.7. The van der Waals surface area contributed by atoms with E-state index in [1.165, 1.54) is 30.3 Å². The Morgan fingerprint density at radius 3 is 2.89 bits per heavy atom. The molecule has 1 N–H and O–H groups in total. The Morgan fingerprint density at radius 1 is 1.11 bits per heavy atom. The summed E-state index contributed by atoms with van der Waals surface area (Å²) in [6.45, 7) is 2.26. The van der Waals surface area contributed by atoms with Gasteiger partial charge in [-0.2, -0.15) is 0 Å². The Labute approximate surface area is 113 Å². The molecule has 1 aliphatic heterocycles. The highest BCUT2D eigenvalue weighted by molar-refractivity contribution is 5.81. The molecule has 1 saturated carbocycles. The van der Waals surface area contributed by atoms with Gasteiger partial charge in [-0.15, -0.1) is 0 Å². The van der Waals surface area contributed by atoms with E-state index in [0.717, 1.165) is 24.6 Å². The maximum Gasteiger partial charge on any atom is 0.0703 e. The van der Waals surface area contributed by atoms with Crippen LogP contribution in [0.25, 0.3) is 10.9 Å². The van der Waals surface area contributed by atoms with Crippen molar-refractivity contribution in [3.63, 3.8) is 0 Å². The zero-order valence-corrected chi connectivity index (χ0v) is 11.0. The number of aromatic nitrogens is 1. The van der Waals surface area contributed by atoms with Gasteiger partial charge in [0, 0.05) is 30.6 Å². The average Bonchev–Trinajstić information content (AvgIpc) is 3.14. The van der Waals surface area contributed by atoms with Crippen LogP contribution in [-0.2, 0) is 0 Å². The molecule has 0 bridgehead atoms. The predicted molar refractivity (Wildman–Crippen MR) is 78.5 cm³/mol. The first-order valence-corrected chi connectivity index (χ1v) is 7.24. The molecule has 4 rings (SSSR count). The third-order valence-electron chi connectivity index (χ3n) is 4.18. The van der Waals surface area contributed by atoms with E-state index in [9.17, 15) is 0 Å². The lowest BCUT2D eigenvalue weighted by molar-refractivity contribution is 0.548. The van der Waals surface area contributed by atoms with E-state index >= 15 is 0 Å². The first-order valence-electron chi connectivity index (χ1n) is 7.24. The fourth-order valence-electron chi connectivity index (χ4n) is 2.95. The summed E-state index contributed by atoms with van der Waals surface area (Å²) in [5, 5.41) is 4.96. The molecule has 2 heterocycles. The fourth-order valence-corrected chi connectivity index (χ4v) is 2.95. The topological polar surface area (TPSA) is 28.2 Å². The summed E-state index contributed by atoms with van der Waals surface area (Å²) in [5.41, 5.74) is 2.34. The molecule has 0 spiro atoms. The van der Waals surface area contributed by atoms with E-state index in [2.05, 4.69) is 39.5 Å². The number of anilines is 1. The van der Waals surface area contributed by atoms with Crippen molar-refractivity contribution in [3.05, 3.63) is 36.5 Å². The summed E-state index contributed by atoms with van der Waals surface area (Å²) in [5.74, 6) is 0. The second kappa shape index (κ2) is 4.49. The van der Waals surface area contributed by atoms with E-state index in [1.807, 2.05) is 12.3 Å². The number of nitrogens with one attached hydrogen (secondary N) is 1. The number of nitrogens with zero attached hydrogens (tertiary/aromatic N) is 2. The number of rotatable bonds is 3. The van der Waals surface area contributed by atoms with Crippen LogP contribution in [0.4, 0.5) is 5.69 Å². The molecule has 2 fully saturated rings. The van der Waals surface area contributed by atoms with Crippen LogP contribution in [0.5, 0.6) is 0 Å². The minimum atomic E-state index is 0.666. The molecule has 0 amide bonds. The Kier molecular flexibility index (Phi) is 2.66. The van der Waals surface area contributed by atoms with Crippen LogP contribution in [0.15, 0.2) is 36.5 Å². The summed E-state index contributed by atoms with van der Waals surface area (Å²) in [7, 11) is 0. The molecule has 0 radical (unpaired) electrons. The predicted octanol–water partition coefficient (Wildman–Crippen LogP) is 2.57. The average molecular weight is 253 g/mol. The third kappa shape index (κ3) is 2.30. The Morgan fingerprint density at radius 2 is 2.00 bits per heavy atom. The SMILES string of the molecule is c1ccc2ncc(N3CCC(NC4CC4)C3)cc2c1. The molecular weight excluding hydrogens is 234 g/mol. The van der Waals surface area contributed by atoms with Crippen molar-refractivity contribution in [3.8, 4) is 0 Å². The quantitative estimate of drug-likeness (QED) is 0.911. The van der Waals surface area contributed by atoms with Gasteiger partial charge in [-0.1, -0.05) is 18.2 Å². The van der Waals surface area contributed by atoms with E-state index in [-0.39, 0.29) is 0 Å². The van der Waals surface area contributed by atoms with E-state index in [4.69, 9.17) is 0 Å². The second-order valence-electron chi connectivity index (χ2n) is 5.76. The molecule has 1 atom stereocenters. The van der Waals surface area contributed by atoms with Crippen molar-refractivity contribution in [1.29, 1.82) is 0 Å². The van der Waals surface area contributed by atoms with Gasteiger partial charge in [0.05, 0.1) is 17.4 Å². The smallest absolute Gasteiger partial charge is 0.0703 e. The minimum absolute atomic E-state index is 0.666. The fraction of sp³-hybridized carbons (Fsp3) is 0.438. The van der Waals surface area contributed by atoms with Crippen LogP contribution in [0.2, 0.25) is 0 Å². The van der Waals surface area contributed by atoms with Crippen molar-refractivity contribution in [2.75, 3.05) is 18.0 Å². The van der Waals surface area contributed by atoms with Crippen LogP contribution < -0.4 is 10.2 Å². The summed E-state index contributed by atoms with van der Waals surface area (Å²) in [6, 6.07) is 12.1. The number of pyridine rings is 1. The standard InChI is InChI=1S/C16H19N3/c1-2-4-16-12(3-1)9-15(10-17-16)19-8-7-14(11-19)18-13-5-6-13/h1-4,9-10,13-14,18H,5-8,11H2. The Balaban J connectivity index is 1.53. The van der Waals surface area contributed by atoms with Gasteiger partial charge >= 0.3 is 0 Å². The number of hydrogen-bond donors (Lipinski definition) is 1. The molecule has 1 aromatic heterocycles. The summed E-state index contributed by atoms with van der Waals surface area (Å²) in [6.07, 6.45) is 6.01. The largest absolute Gasteiger partial charge is 0.369 e. The van der Waals surface area contributed by atoms with Crippen molar-refractivity contribution in [2.45, 2.75) is 31.3 Å². The van der Waals surface area contributed by atoms with Gasteiger partial charge in [0.1, 0.15) is 0 Å². The van der Waals surface area contributed by atoms with Crippen LogP contribution in [0.1, 0.15) is 19.3 Å². The maximum atomic E-state index is 4.56. The first kappa shape index (κ1) is 11.2.